The maximum Gasteiger partial charge on any atom is 0.231 e. The van der Waals surface area contributed by atoms with Gasteiger partial charge in [0.15, 0.2) is 11.5 Å². The molecule has 5 rings (SSSR count). The number of fused-ring (bicyclic) bond motifs is 1. The molecule has 0 saturated carbocycles. The minimum atomic E-state index is -0.367. The third-order valence-corrected chi connectivity index (χ3v) is 5.47. The van der Waals surface area contributed by atoms with E-state index in [4.69, 9.17) is 26.1 Å². The summed E-state index contributed by atoms with van der Waals surface area (Å²) in [5, 5.41) is 20.9. The summed E-state index contributed by atoms with van der Waals surface area (Å²) in [6.45, 7) is 1.46. The first-order valence-corrected chi connectivity index (χ1v) is 9.78. The zero-order valence-electron chi connectivity index (χ0n) is 15.5. The average molecular weight is 411 g/mol. The number of β-amino-alcohol motifs (C(OH)–C–C–N with tert-alkyl or cyclic N) is 1. The molecule has 0 radical (unpaired) electrons. The van der Waals surface area contributed by atoms with Crippen molar-refractivity contribution in [3.8, 4) is 39.6 Å². The van der Waals surface area contributed by atoms with Crippen LogP contribution in [-0.2, 0) is 0 Å². The van der Waals surface area contributed by atoms with Crippen LogP contribution in [0.25, 0.3) is 22.4 Å². The summed E-state index contributed by atoms with van der Waals surface area (Å²) in [7, 11) is 0. The number of aromatic hydroxyl groups is 1. The van der Waals surface area contributed by atoms with Crippen molar-refractivity contribution in [2.24, 2.45) is 0 Å². The molecule has 1 saturated heterocycles. The van der Waals surface area contributed by atoms with E-state index in [1.807, 2.05) is 35.2 Å². The van der Waals surface area contributed by atoms with Crippen LogP contribution in [0.5, 0.6) is 17.2 Å². The molecule has 1 aromatic heterocycles. The number of halogens is 1. The molecule has 2 aliphatic heterocycles. The predicted octanol–water partition coefficient (Wildman–Crippen LogP) is 4.07. The molecular formula is C22H19ClN2O4. The van der Waals surface area contributed by atoms with Crippen LogP contribution in [-0.4, -0.2) is 41.2 Å². The van der Waals surface area contributed by atoms with E-state index in [1.165, 1.54) is 0 Å². The van der Waals surface area contributed by atoms with E-state index < -0.39 is 0 Å². The van der Waals surface area contributed by atoms with Crippen molar-refractivity contribution in [3.63, 3.8) is 0 Å². The number of hydrogen-bond acceptors (Lipinski definition) is 6. The van der Waals surface area contributed by atoms with Crippen LogP contribution in [0.4, 0.5) is 5.82 Å². The molecule has 1 fully saturated rings. The van der Waals surface area contributed by atoms with Gasteiger partial charge in [-0.15, -0.1) is 0 Å². The van der Waals surface area contributed by atoms with Crippen LogP contribution in [0.15, 0.2) is 48.5 Å². The molecule has 3 aromatic rings. The summed E-state index contributed by atoms with van der Waals surface area (Å²) < 4.78 is 10.9. The Morgan fingerprint density at radius 1 is 1.00 bits per heavy atom. The van der Waals surface area contributed by atoms with E-state index in [1.54, 1.807) is 18.2 Å². The van der Waals surface area contributed by atoms with Gasteiger partial charge in [-0.1, -0.05) is 17.7 Å². The van der Waals surface area contributed by atoms with Crippen molar-refractivity contribution < 1.29 is 19.7 Å². The van der Waals surface area contributed by atoms with Crippen LogP contribution in [0.2, 0.25) is 5.02 Å². The Bertz CT molecular complexity index is 1090. The first-order valence-electron chi connectivity index (χ1n) is 9.41. The van der Waals surface area contributed by atoms with Gasteiger partial charge < -0.3 is 24.6 Å². The van der Waals surface area contributed by atoms with Crippen molar-refractivity contribution in [2.75, 3.05) is 24.8 Å². The topological polar surface area (TPSA) is 75.0 Å². The lowest BCUT2D eigenvalue weighted by atomic mass is 10.0. The van der Waals surface area contributed by atoms with Crippen molar-refractivity contribution >= 4 is 17.4 Å². The van der Waals surface area contributed by atoms with Crippen molar-refractivity contribution in [2.45, 2.75) is 12.5 Å². The van der Waals surface area contributed by atoms with Crippen LogP contribution in [0, 0.1) is 0 Å². The Labute approximate surface area is 172 Å². The molecule has 2 N–H and O–H groups in total. The van der Waals surface area contributed by atoms with E-state index in [-0.39, 0.29) is 18.6 Å². The fraction of sp³-hybridized carbons (Fsp3) is 0.227. The Balaban J connectivity index is 1.65. The molecule has 1 unspecified atom stereocenters. The number of hydrogen-bond donors (Lipinski definition) is 2. The molecule has 29 heavy (non-hydrogen) atoms. The van der Waals surface area contributed by atoms with Gasteiger partial charge in [-0.25, -0.2) is 4.98 Å². The normalized spacial score (nSPS) is 17.7. The minimum Gasteiger partial charge on any atom is -0.507 e. The second-order valence-electron chi connectivity index (χ2n) is 7.22. The molecule has 0 aliphatic carbocycles. The number of nitrogens with zero attached hydrogens (tertiary/aromatic N) is 2. The third-order valence-electron chi connectivity index (χ3n) is 5.24. The molecule has 0 spiro atoms. The van der Waals surface area contributed by atoms with Gasteiger partial charge in [0.25, 0.3) is 0 Å². The first-order chi connectivity index (χ1) is 14.1. The monoisotopic (exact) mass is 410 g/mol. The maximum absolute atomic E-state index is 10.4. The highest BCUT2D eigenvalue weighted by Crippen LogP contribution is 2.39. The number of benzene rings is 2. The van der Waals surface area contributed by atoms with E-state index in [2.05, 4.69) is 0 Å². The van der Waals surface area contributed by atoms with Gasteiger partial charge >= 0.3 is 0 Å². The maximum atomic E-state index is 10.4. The van der Waals surface area contributed by atoms with Crippen LogP contribution >= 0.6 is 11.6 Å². The number of aliphatic hydroxyl groups is 1. The van der Waals surface area contributed by atoms with Crippen LogP contribution in [0.3, 0.4) is 0 Å². The van der Waals surface area contributed by atoms with Gasteiger partial charge in [0.1, 0.15) is 11.6 Å². The number of aliphatic hydroxyl groups excluding tert-OH is 1. The summed E-state index contributed by atoms with van der Waals surface area (Å²) >= 11 is 6.16. The van der Waals surface area contributed by atoms with E-state index >= 15 is 0 Å². The highest BCUT2D eigenvalue weighted by molar-refractivity contribution is 6.31. The van der Waals surface area contributed by atoms with Crippen molar-refractivity contribution in [3.05, 3.63) is 53.6 Å². The second kappa shape index (κ2) is 7.13. The summed E-state index contributed by atoms with van der Waals surface area (Å²) in [6, 6.07) is 14.6. The molecular weight excluding hydrogens is 392 g/mol. The van der Waals surface area contributed by atoms with Crippen LogP contribution < -0.4 is 14.4 Å². The smallest absolute Gasteiger partial charge is 0.231 e. The summed E-state index contributed by atoms with van der Waals surface area (Å²) in [5.41, 5.74) is 3.03. The summed E-state index contributed by atoms with van der Waals surface area (Å²) in [6.07, 6.45) is 0.335. The molecule has 0 bridgehead atoms. The Morgan fingerprint density at radius 2 is 1.86 bits per heavy atom. The number of rotatable bonds is 3. The quantitative estimate of drug-likeness (QED) is 0.677. The zero-order chi connectivity index (χ0) is 20.0. The molecule has 3 heterocycles. The number of phenols is 1. The number of phenolic OH excluding ortho intramolecular Hbond substituents is 1. The molecule has 1 atom stereocenters. The lowest BCUT2D eigenvalue weighted by molar-refractivity contribution is 0.174. The predicted molar refractivity (Wildman–Crippen MR) is 111 cm³/mol. The zero-order valence-corrected chi connectivity index (χ0v) is 16.3. The summed E-state index contributed by atoms with van der Waals surface area (Å²) in [5.74, 6) is 2.27. The fourth-order valence-electron chi connectivity index (χ4n) is 3.72. The molecule has 6 nitrogen and oxygen atoms in total. The SMILES string of the molecule is Oc1ccc(Cl)cc1-c1cc(-c2ccc3c(c2)OCO3)cc(N2CCC(O)C2)n1. The fourth-order valence-corrected chi connectivity index (χ4v) is 3.89. The van der Waals surface area contributed by atoms with Gasteiger partial charge in [0.2, 0.25) is 6.79 Å². The van der Waals surface area contributed by atoms with Gasteiger partial charge in [-0.05, 0) is 60.0 Å². The lowest BCUT2D eigenvalue weighted by Crippen LogP contribution is -2.22. The minimum absolute atomic E-state index is 0.108. The second-order valence-corrected chi connectivity index (χ2v) is 7.65. The number of anilines is 1. The molecule has 2 aromatic carbocycles. The highest BCUT2D eigenvalue weighted by Gasteiger charge is 2.23. The van der Waals surface area contributed by atoms with Crippen molar-refractivity contribution in [1.82, 2.24) is 4.98 Å². The Kier molecular flexibility index (Phi) is 4.45. The van der Waals surface area contributed by atoms with Crippen LogP contribution in [0.1, 0.15) is 6.42 Å². The first kappa shape index (κ1) is 18.1. The van der Waals surface area contributed by atoms with Gasteiger partial charge in [0.05, 0.1) is 11.8 Å². The van der Waals surface area contributed by atoms with E-state index in [0.29, 0.717) is 35.0 Å². The Hall–Kier alpha value is -2.96. The molecule has 7 heteroatoms. The summed E-state index contributed by atoms with van der Waals surface area (Å²) in [4.78, 5) is 6.81. The molecule has 0 amide bonds. The van der Waals surface area contributed by atoms with Crippen molar-refractivity contribution in [1.29, 1.82) is 0 Å². The standard InChI is InChI=1S/C22H19ClN2O4/c23-15-2-3-19(27)17(10-15)18-7-14(9-22(24-18)25-6-5-16(26)11-25)13-1-4-20-21(8-13)29-12-28-20/h1-4,7-10,16,26-27H,5-6,11-12H2. The van der Waals surface area contributed by atoms with E-state index in [0.717, 1.165) is 29.2 Å². The van der Waals surface area contributed by atoms with Gasteiger partial charge in [-0.2, -0.15) is 0 Å². The Morgan fingerprint density at radius 3 is 2.69 bits per heavy atom. The highest BCUT2D eigenvalue weighted by atomic mass is 35.5. The molecule has 2 aliphatic rings. The van der Waals surface area contributed by atoms with Gasteiger partial charge in [0, 0.05) is 23.7 Å². The largest absolute Gasteiger partial charge is 0.507 e. The number of ether oxygens (including phenoxy) is 2. The molecule has 148 valence electrons. The average Bonchev–Trinajstić information content (AvgIpc) is 3.37. The number of aromatic nitrogens is 1. The third kappa shape index (κ3) is 3.45. The van der Waals surface area contributed by atoms with Gasteiger partial charge in [-0.3, -0.25) is 0 Å². The lowest BCUT2D eigenvalue weighted by Gasteiger charge is -2.19. The van der Waals surface area contributed by atoms with E-state index in [9.17, 15) is 10.2 Å². The number of pyridine rings is 1.